The van der Waals surface area contributed by atoms with E-state index < -0.39 is 157 Å². The van der Waals surface area contributed by atoms with E-state index in [1.54, 1.807) is 5.32 Å². The molecule has 1 unspecified atom stereocenters. The SMILES string of the molecule is [2H]c1c([2H])c(OC([2H])([2H])c2c([2H])c([2H])c([2H])c(C([2H])([2H])N3C([2H])([2H])C([2H])([2H])OC([2H])([2H])C3([2H])[2H])c2F)c2c(c1[2H])C(=O)N(C1([2H])CCC(=O)NC1=O)C2([2H])[2H]. The Hall–Kier alpha value is -3.30. The van der Waals surface area contributed by atoms with Crippen LogP contribution in [0.5, 0.6) is 5.75 Å². The van der Waals surface area contributed by atoms with Crippen LogP contribution in [0.1, 0.15) is 68.7 Å². The quantitative estimate of drug-likeness (QED) is 0.626. The molecule has 0 aliphatic carbocycles. The van der Waals surface area contributed by atoms with Gasteiger partial charge in [0.15, 0.2) is 0 Å². The summed E-state index contributed by atoms with van der Waals surface area (Å²) in [6.45, 7) is -27.8. The van der Waals surface area contributed by atoms with Crippen molar-refractivity contribution in [2.45, 2.75) is 38.4 Å². The molecule has 3 aliphatic rings. The maximum absolute atomic E-state index is 16.8. The second-order valence-corrected chi connectivity index (χ2v) is 6.65. The fourth-order valence-electron chi connectivity index (χ4n) is 3.02. The number of carbonyl (C=O) groups excluding carboxylic acids is 3. The number of imide groups is 1. The van der Waals surface area contributed by atoms with E-state index >= 15 is 4.39 Å². The Morgan fingerprint density at radius 3 is 2.76 bits per heavy atom. The summed E-state index contributed by atoms with van der Waals surface area (Å²) in [6, 6.07) is -11.5. The van der Waals surface area contributed by atoms with Crippen molar-refractivity contribution in [1.82, 2.24) is 15.1 Å². The van der Waals surface area contributed by atoms with Crippen molar-refractivity contribution in [2.24, 2.45) is 0 Å². The van der Waals surface area contributed by atoms with Crippen molar-refractivity contribution in [3.63, 3.8) is 0 Å². The monoisotopic (exact) mass is 488 g/mol. The number of rotatable bonds is 6. The van der Waals surface area contributed by atoms with Gasteiger partial charge in [0.05, 0.1) is 40.2 Å². The molecule has 2 saturated heterocycles. The van der Waals surface area contributed by atoms with Crippen LogP contribution >= 0.6 is 0 Å². The molecule has 34 heavy (non-hydrogen) atoms. The smallest absolute Gasteiger partial charge is 0.255 e. The topological polar surface area (TPSA) is 88.2 Å². The van der Waals surface area contributed by atoms with E-state index in [1.165, 1.54) is 0 Å². The predicted octanol–water partition coefficient (Wildman–Crippen LogP) is 2.00. The van der Waals surface area contributed by atoms with Crippen LogP contribution in [-0.4, -0.2) is 59.7 Å². The molecule has 0 saturated carbocycles. The summed E-state index contributed by atoms with van der Waals surface area (Å²) in [7, 11) is 0. The Kier molecular flexibility index (Phi) is 2.44. The minimum absolute atomic E-state index is 0.0484. The molecule has 0 spiro atoms. The maximum atomic E-state index is 16.8. The van der Waals surface area contributed by atoms with Crippen LogP contribution in [0.2, 0.25) is 0 Å². The lowest BCUT2D eigenvalue weighted by Gasteiger charge is -2.29. The molecule has 9 heteroatoms. The van der Waals surface area contributed by atoms with Gasteiger partial charge in [0.2, 0.25) is 11.8 Å². The minimum Gasteiger partial charge on any atom is -0.488 e. The molecule has 2 aromatic carbocycles. The molecule has 3 aliphatic heterocycles. The molecule has 3 amide bonds. The third-order valence-corrected chi connectivity index (χ3v) is 4.56. The van der Waals surface area contributed by atoms with Gasteiger partial charge in [-0.15, -0.1) is 0 Å². The number of nitrogens with one attached hydrogen (secondary N) is 1. The van der Waals surface area contributed by atoms with Gasteiger partial charge in [-0.05, 0) is 18.5 Å². The number of ether oxygens (including phenoxy) is 2. The maximum Gasteiger partial charge on any atom is 0.255 e. The van der Waals surface area contributed by atoms with E-state index in [0.717, 1.165) is 0 Å². The molecular formula is C25H26FN3O5. The molecule has 0 aromatic heterocycles. The summed E-state index contributed by atoms with van der Waals surface area (Å²) in [5, 5.41) is 1.76. The lowest BCUT2D eigenvalue weighted by molar-refractivity contribution is -0.136. The van der Waals surface area contributed by atoms with E-state index in [-0.39, 0.29) is 4.90 Å². The number of halogens is 1. The number of hydrogen-bond acceptors (Lipinski definition) is 6. The first-order valence-corrected chi connectivity index (χ1v) is 9.42. The fourth-order valence-corrected chi connectivity index (χ4v) is 3.02. The molecule has 0 bridgehead atoms. The zero-order valence-electron chi connectivity index (χ0n) is 37.7. The van der Waals surface area contributed by atoms with Crippen LogP contribution in [0.25, 0.3) is 0 Å². The Morgan fingerprint density at radius 1 is 1.21 bits per heavy atom. The molecule has 1 N–H and O–H groups in total. The second kappa shape index (κ2) is 9.52. The van der Waals surface area contributed by atoms with Crippen LogP contribution in [0.4, 0.5) is 4.39 Å². The Bertz CT molecular complexity index is 2050. The predicted molar refractivity (Wildman–Crippen MR) is 119 cm³/mol. The molecule has 1 atom stereocenters. The van der Waals surface area contributed by atoms with E-state index in [4.69, 9.17) is 33.5 Å². The second-order valence-electron chi connectivity index (χ2n) is 6.65. The molecule has 2 fully saturated rings. The van der Waals surface area contributed by atoms with E-state index in [9.17, 15) is 14.4 Å². The Labute approximate surface area is 226 Å². The normalized spacial score (nSPS) is 40.3. The van der Waals surface area contributed by atoms with Crippen LogP contribution in [0.15, 0.2) is 36.3 Å². The van der Waals surface area contributed by atoms with Gasteiger partial charge >= 0.3 is 0 Å². The molecule has 178 valence electrons. The van der Waals surface area contributed by atoms with Crippen LogP contribution in [0, 0.1) is 5.82 Å². The zero-order valence-corrected chi connectivity index (χ0v) is 16.7. The van der Waals surface area contributed by atoms with Gasteiger partial charge in [-0.1, -0.05) is 24.2 Å². The minimum atomic E-state index is -4.27. The van der Waals surface area contributed by atoms with Gasteiger partial charge in [-0.3, -0.25) is 24.6 Å². The number of carbonyl (C=O) groups is 3. The summed E-state index contributed by atoms with van der Waals surface area (Å²) in [5.41, 5.74) is -6.22. The van der Waals surface area contributed by atoms with Crippen molar-refractivity contribution in [3.8, 4) is 5.75 Å². The molecular weight excluding hydrogens is 441 g/mol. The highest BCUT2D eigenvalue weighted by Gasteiger charge is 2.40. The highest BCUT2D eigenvalue weighted by molar-refractivity contribution is 6.05. The number of morpholine rings is 1. The number of amides is 3. The standard InChI is InChI=1S/C25H26FN3O5/c26-23-16(13-28-9-11-33-12-10-28)3-1-4-17(23)15-34-21-6-2-5-18-19(21)14-29(25(18)32)20-7-8-22(30)27-24(20)31/h1-6,20H,7-15H2,(H,27,30,31)/i1D,2D,3D,4D,5D,6D,9D2,10D2,11D2,12D2,13D2,14D2,15D2,20D. The van der Waals surface area contributed by atoms with Crippen molar-refractivity contribution in [2.75, 3.05) is 26.1 Å². The average molecular weight is 489 g/mol. The van der Waals surface area contributed by atoms with Gasteiger partial charge in [-0.25, -0.2) is 4.39 Å². The average Bonchev–Trinajstić information content (AvgIpc) is 3.22. The van der Waals surface area contributed by atoms with Gasteiger partial charge in [0.25, 0.3) is 5.91 Å². The summed E-state index contributed by atoms with van der Waals surface area (Å²) >= 11 is 0. The van der Waals surface area contributed by atoms with Gasteiger partial charge in [0, 0.05) is 56.4 Å². The Balaban J connectivity index is 1.74. The van der Waals surface area contributed by atoms with E-state index in [2.05, 4.69) is 4.74 Å². The summed E-state index contributed by atoms with van der Waals surface area (Å²) in [6.07, 6.45) is -1.38. The van der Waals surface area contributed by atoms with Crippen LogP contribution in [-0.2, 0) is 33.9 Å². The lowest BCUT2D eigenvalue weighted by atomic mass is 10.0. The Morgan fingerprint density at radius 2 is 1.97 bits per heavy atom. The van der Waals surface area contributed by atoms with Crippen LogP contribution < -0.4 is 10.1 Å². The van der Waals surface area contributed by atoms with E-state index in [0.29, 0.717) is 0 Å². The molecule has 2 aromatic rings. The molecule has 0 radical (unpaired) electrons. The fraction of sp³-hybridized carbons (Fsp3) is 0.400. The number of nitrogens with zero attached hydrogens (tertiary/aromatic N) is 2. The first kappa shape index (κ1) is 8.73. The molecule has 3 heterocycles. The van der Waals surface area contributed by atoms with Gasteiger partial charge < -0.3 is 14.4 Å². The first-order valence-electron chi connectivity index (χ1n) is 19.9. The molecule has 5 rings (SSSR count). The highest BCUT2D eigenvalue weighted by atomic mass is 19.1. The number of benzene rings is 2. The van der Waals surface area contributed by atoms with Crippen LogP contribution in [0.3, 0.4) is 0 Å². The number of hydrogen-bond donors (Lipinski definition) is 1. The van der Waals surface area contributed by atoms with Crippen molar-refractivity contribution in [1.29, 1.82) is 0 Å². The van der Waals surface area contributed by atoms with Crippen molar-refractivity contribution < 1.29 is 57.0 Å². The zero-order chi connectivity index (χ0) is 42.4. The van der Waals surface area contributed by atoms with Gasteiger partial charge in [0.1, 0.15) is 24.1 Å². The van der Waals surface area contributed by atoms with E-state index in [1.807, 2.05) is 0 Å². The summed E-state index contributed by atoms with van der Waals surface area (Å²) < 4.78 is 201. The number of piperidine rings is 1. The molecule has 8 nitrogen and oxygen atoms in total. The summed E-state index contributed by atoms with van der Waals surface area (Å²) in [5.74, 6) is -7.88. The summed E-state index contributed by atoms with van der Waals surface area (Å²) in [4.78, 5) is 37.4. The lowest BCUT2D eigenvalue weighted by Crippen LogP contribution is -2.52. The third-order valence-electron chi connectivity index (χ3n) is 4.56. The third kappa shape index (κ3) is 4.41. The first-order chi connectivity index (χ1) is 24.6. The van der Waals surface area contributed by atoms with Gasteiger partial charge in [-0.2, -0.15) is 0 Å². The van der Waals surface area contributed by atoms with Crippen molar-refractivity contribution in [3.05, 3.63) is 64.3 Å². The van der Waals surface area contributed by atoms with Crippen molar-refractivity contribution >= 4 is 17.7 Å². The number of fused-ring (bicyclic) bond motifs is 1. The highest BCUT2D eigenvalue weighted by Crippen LogP contribution is 2.34. The largest absolute Gasteiger partial charge is 0.488 e.